The van der Waals surface area contributed by atoms with Crippen LogP contribution in [0.2, 0.25) is 0 Å². The minimum atomic E-state index is 0.543. The molecule has 3 nitrogen and oxygen atoms in total. The SMILES string of the molecule is CCC(CC)NCCNC(C)=N. The molecule has 3 N–H and O–H groups in total. The molecule has 0 aromatic rings. The van der Waals surface area contributed by atoms with Gasteiger partial charge in [-0.3, -0.25) is 5.41 Å². The van der Waals surface area contributed by atoms with Crippen LogP contribution in [0.1, 0.15) is 33.6 Å². The molecule has 12 heavy (non-hydrogen) atoms. The zero-order valence-electron chi connectivity index (χ0n) is 8.41. The molecule has 0 aliphatic carbocycles. The predicted molar refractivity (Wildman–Crippen MR) is 53.8 cm³/mol. The van der Waals surface area contributed by atoms with Crippen LogP contribution in [-0.4, -0.2) is 25.0 Å². The predicted octanol–water partition coefficient (Wildman–Crippen LogP) is 1.35. The van der Waals surface area contributed by atoms with Gasteiger partial charge in [-0.15, -0.1) is 0 Å². The van der Waals surface area contributed by atoms with E-state index in [1.54, 1.807) is 6.92 Å². The van der Waals surface area contributed by atoms with Gasteiger partial charge >= 0.3 is 0 Å². The van der Waals surface area contributed by atoms with Gasteiger partial charge in [0.1, 0.15) is 0 Å². The molecule has 0 atom stereocenters. The molecule has 0 saturated heterocycles. The van der Waals surface area contributed by atoms with Gasteiger partial charge < -0.3 is 10.6 Å². The zero-order valence-corrected chi connectivity index (χ0v) is 8.41. The summed E-state index contributed by atoms with van der Waals surface area (Å²) < 4.78 is 0. The van der Waals surface area contributed by atoms with Crippen LogP contribution in [0.25, 0.3) is 0 Å². The van der Waals surface area contributed by atoms with Crippen LogP contribution in [0.4, 0.5) is 0 Å². The Labute approximate surface area is 75.4 Å². The van der Waals surface area contributed by atoms with Crippen molar-refractivity contribution in [3.05, 3.63) is 0 Å². The Morgan fingerprint density at radius 2 is 1.83 bits per heavy atom. The Hall–Kier alpha value is -0.570. The summed E-state index contributed by atoms with van der Waals surface area (Å²) in [6.45, 7) is 7.94. The highest BCUT2D eigenvalue weighted by atomic mass is 15.0. The number of hydrogen-bond acceptors (Lipinski definition) is 2. The minimum absolute atomic E-state index is 0.543. The molecule has 0 radical (unpaired) electrons. The second-order valence-corrected chi connectivity index (χ2v) is 3.02. The van der Waals surface area contributed by atoms with Crippen molar-refractivity contribution in [3.8, 4) is 0 Å². The first kappa shape index (κ1) is 11.4. The van der Waals surface area contributed by atoms with E-state index in [2.05, 4.69) is 24.5 Å². The van der Waals surface area contributed by atoms with Gasteiger partial charge in [0.15, 0.2) is 0 Å². The molecule has 0 fully saturated rings. The van der Waals surface area contributed by atoms with E-state index in [1.165, 1.54) is 12.8 Å². The van der Waals surface area contributed by atoms with Gasteiger partial charge in [-0.25, -0.2) is 0 Å². The molecule has 0 amide bonds. The van der Waals surface area contributed by atoms with Crippen LogP contribution in [-0.2, 0) is 0 Å². The number of nitrogens with one attached hydrogen (secondary N) is 3. The third-order valence-corrected chi connectivity index (χ3v) is 1.93. The molecule has 0 aromatic heterocycles. The Balaban J connectivity index is 3.23. The topological polar surface area (TPSA) is 47.9 Å². The smallest absolute Gasteiger partial charge is 0.0900 e. The lowest BCUT2D eigenvalue weighted by atomic mass is 10.2. The van der Waals surface area contributed by atoms with Gasteiger partial charge in [0.25, 0.3) is 0 Å². The Bertz CT molecular complexity index is 119. The second-order valence-electron chi connectivity index (χ2n) is 3.02. The van der Waals surface area contributed by atoms with E-state index in [0.717, 1.165) is 13.1 Å². The van der Waals surface area contributed by atoms with Crippen molar-refractivity contribution in [1.82, 2.24) is 10.6 Å². The van der Waals surface area contributed by atoms with Crippen molar-refractivity contribution in [1.29, 1.82) is 5.41 Å². The van der Waals surface area contributed by atoms with Gasteiger partial charge in [-0.05, 0) is 19.8 Å². The normalized spacial score (nSPS) is 10.3. The van der Waals surface area contributed by atoms with E-state index in [9.17, 15) is 0 Å². The molecular formula is C9H21N3. The zero-order chi connectivity index (χ0) is 9.40. The molecule has 0 rings (SSSR count). The van der Waals surface area contributed by atoms with Gasteiger partial charge in [-0.1, -0.05) is 13.8 Å². The van der Waals surface area contributed by atoms with Crippen LogP contribution < -0.4 is 10.6 Å². The number of rotatable bonds is 6. The molecule has 0 bridgehead atoms. The van der Waals surface area contributed by atoms with E-state index < -0.39 is 0 Å². The summed E-state index contributed by atoms with van der Waals surface area (Å²) in [5.41, 5.74) is 0. The summed E-state index contributed by atoms with van der Waals surface area (Å²) >= 11 is 0. The first-order chi connectivity index (χ1) is 5.70. The standard InChI is InChI=1S/C9H21N3/c1-4-9(5-2)12-7-6-11-8(3)10/h9,12H,4-7H2,1-3H3,(H2,10,11). The van der Waals surface area contributed by atoms with Gasteiger partial charge in [-0.2, -0.15) is 0 Å². The quantitative estimate of drug-likeness (QED) is 0.321. The van der Waals surface area contributed by atoms with Crippen molar-refractivity contribution in [2.24, 2.45) is 0 Å². The van der Waals surface area contributed by atoms with E-state index in [1.807, 2.05) is 0 Å². The first-order valence-corrected chi connectivity index (χ1v) is 4.73. The van der Waals surface area contributed by atoms with E-state index in [4.69, 9.17) is 5.41 Å². The highest BCUT2D eigenvalue weighted by molar-refractivity contribution is 5.75. The summed E-state index contributed by atoms with van der Waals surface area (Å²) in [6.07, 6.45) is 2.36. The van der Waals surface area contributed by atoms with Crippen molar-refractivity contribution >= 4 is 5.84 Å². The van der Waals surface area contributed by atoms with Crippen LogP contribution in [0.15, 0.2) is 0 Å². The largest absolute Gasteiger partial charge is 0.373 e. The highest BCUT2D eigenvalue weighted by Crippen LogP contribution is 1.94. The highest BCUT2D eigenvalue weighted by Gasteiger charge is 1.99. The minimum Gasteiger partial charge on any atom is -0.373 e. The lowest BCUT2D eigenvalue weighted by Crippen LogP contribution is -2.35. The molecule has 0 aliphatic heterocycles. The monoisotopic (exact) mass is 171 g/mol. The van der Waals surface area contributed by atoms with Crippen molar-refractivity contribution < 1.29 is 0 Å². The fraction of sp³-hybridized carbons (Fsp3) is 0.889. The van der Waals surface area contributed by atoms with Crippen molar-refractivity contribution in [2.45, 2.75) is 39.7 Å². The lowest BCUT2D eigenvalue weighted by molar-refractivity contribution is 0.486. The van der Waals surface area contributed by atoms with Crippen molar-refractivity contribution in [2.75, 3.05) is 13.1 Å². The third-order valence-electron chi connectivity index (χ3n) is 1.93. The molecule has 0 spiro atoms. The van der Waals surface area contributed by atoms with Gasteiger partial charge in [0.05, 0.1) is 5.84 Å². The Morgan fingerprint density at radius 3 is 2.25 bits per heavy atom. The number of amidine groups is 1. The van der Waals surface area contributed by atoms with Crippen LogP contribution >= 0.6 is 0 Å². The maximum Gasteiger partial charge on any atom is 0.0900 e. The molecule has 0 heterocycles. The summed E-state index contributed by atoms with van der Waals surface area (Å²) in [6, 6.07) is 0.637. The second kappa shape index (κ2) is 7.10. The Kier molecular flexibility index (Phi) is 6.76. The van der Waals surface area contributed by atoms with E-state index in [0.29, 0.717) is 11.9 Å². The summed E-state index contributed by atoms with van der Waals surface area (Å²) in [7, 11) is 0. The van der Waals surface area contributed by atoms with E-state index >= 15 is 0 Å². The average Bonchev–Trinajstić information content (AvgIpc) is 2.04. The molecule has 0 saturated carbocycles. The fourth-order valence-electron chi connectivity index (χ4n) is 1.10. The van der Waals surface area contributed by atoms with Crippen LogP contribution in [0, 0.1) is 5.41 Å². The first-order valence-electron chi connectivity index (χ1n) is 4.73. The van der Waals surface area contributed by atoms with Crippen LogP contribution in [0.3, 0.4) is 0 Å². The third kappa shape index (κ3) is 6.16. The maximum atomic E-state index is 7.13. The number of hydrogen-bond donors (Lipinski definition) is 3. The molecule has 0 aliphatic rings. The molecular weight excluding hydrogens is 150 g/mol. The molecule has 0 aromatic carbocycles. The van der Waals surface area contributed by atoms with Crippen molar-refractivity contribution in [3.63, 3.8) is 0 Å². The molecule has 0 unspecified atom stereocenters. The maximum absolute atomic E-state index is 7.13. The van der Waals surface area contributed by atoms with Crippen LogP contribution in [0.5, 0.6) is 0 Å². The van der Waals surface area contributed by atoms with Gasteiger partial charge in [0, 0.05) is 19.1 Å². The summed E-state index contributed by atoms with van der Waals surface area (Å²) in [5.74, 6) is 0.543. The van der Waals surface area contributed by atoms with Gasteiger partial charge in [0.2, 0.25) is 0 Å². The van der Waals surface area contributed by atoms with E-state index in [-0.39, 0.29) is 0 Å². The Morgan fingerprint density at radius 1 is 1.25 bits per heavy atom. The summed E-state index contributed by atoms with van der Waals surface area (Å²) in [4.78, 5) is 0. The lowest BCUT2D eigenvalue weighted by Gasteiger charge is -2.14. The average molecular weight is 171 g/mol. The summed E-state index contributed by atoms with van der Waals surface area (Å²) in [5, 5.41) is 13.5. The molecule has 72 valence electrons. The fourth-order valence-corrected chi connectivity index (χ4v) is 1.10. The molecule has 3 heteroatoms.